The van der Waals surface area contributed by atoms with Gasteiger partial charge in [0, 0.05) is 12.1 Å². The van der Waals surface area contributed by atoms with Crippen molar-refractivity contribution in [1.29, 1.82) is 0 Å². The number of amides is 1. The average Bonchev–Trinajstić information content (AvgIpc) is 2.96. The average molecular weight is 443 g/mol. The van der Waals surface area contributed by atoms with Gasteiger partial charge in [-0.2, -0.15) is 5.10 Å². The van der Waals surface area contributed by atoms with E-state index in [0.717, 1.165) is 11.3 Å². The van der Waals surface area contributed by atoms with Crippen molar-refractivity contribution in [2.24, 2.45) is 5.92 Å². The van der Waals surface area contributed by atoms with Crippen LogP contribution in [-0.4, -0.2) is 20.6 Å². The highest BCUT2D eigenvalue weighted by molar-refractivity contribution is 6.31. The molecule has 2 aromatic carbocycles. The molecule has 8 nitrogen and oxygen atoms in total. The van der Waals surface area contributed by atoms with E-state index in [1.807, 2.05) is 26.0 Å². The Morgan fingerprint density at radius 1 is 1.19 bits per heavy atom. The molecule has 1 heterocycles. The van der Waals surface area contributed by atoms with Gasteiger partial charge in [0.2, 0.25) is 5.91 Å². The number of halogens is 1. The van der Waals surface area contributed by atoms with Crippen LogP contribution < -0.4 is 10.1 Å². The summed E-state index contributed by atoms with van der Waals surface area (Å²) in [5, 5.41) is 19.0. The molecule has 9 heteroatoms. The summed E-state index contributed by atoms with van der Waals surface area (Å²) in [6.45, 7) is 7.66. The van der Waals surface area contributed by atoms with Crippen LogP contribution in [0.25, 0.3) is 0 Å². The number of nitrogens with zero attached hydrogens (tertiary/aromatic N) is 3. The van der Waals surface area contributed by atoms with E-state index in [9.17, 15) is 14.9 Å². The first-order valence-electron chi connectivity index (χ1n) is 9.68. The number of rotatable bonds is 7. The molecule has 0 bridgehead atoms. The second-order valence-electron chi connectivity index (χ2n) is 7.45. The number of nitrogens with one attached hydrogen (secondary N) is 1. The number of hydrogen-bond acceptors (Lipinski definition) is 5. The minimum Gasteiger partial charge on any atom is -0.457 e. The molecule has 0 saturated carbocycles. The third-order valence-electron chi connectivity index (χ3n) is 4.81. The van der Waals surface area contributed by atoms with Crippen LogP contribution in [0.1, 0.15) is 23.9 Å². The van der Waals surface area contributed by atoms with Gasteiger partial charge in [-0.15, -0.1) is 0 Å². The molecular formula is C22H23ClN4O4. The van der Waals surface area contributed by atoms with E-state index in [1.165, 1.54) is 12.1 Å². The van der Waals surface area contributed by atoms with Crippen LogP contribution in [0.15, 0.2) is 42.5 Å². The number of anilines is 1. The molecule has 1 N–H and O–H groups in total. The Labute approximate surface area is 184 Å². The topological polar surface area (TPSA) is 99.3 Å². The molecule has 0 aliphatic carbocycles. The van der Waals surface area contributed by atoms with Crippen molar-refractivity contribution in [1.82, 2.24) is 9.78 Å². The highest BCUT2D eigenvalue weighted by Crippen LogP contribution is 2.30. The molecule has 162 valence electrons. The summed E-state index contributed by atoms with van der Waals surface area (Å²) in [4.78, 5) is 23.5. The third-order valence-corrected chi connectivity index (χ3v) is 5.36. The first-order valence-corrected chi connectivity index (χ1v) is 10.1. The van der Waals surface area contributed by atoms with E-state index in [0.29, 0.717) is 23.0 Å². The lowest BCUT2D eigenvalue weighted by atomic mass is 10.1. The van der Waals surface area contributed by atoms with Gasteiger partial charge in [-0.1, -0.05) is 36.2 Å². The second-order valence-corrected chi connectivity index (χ2v) is 7.82. The fraction of sp³-hybridized carbons (Fsp3) is 0.273. The fourth-order valence-electron chi connectivity index (χ4n) is 3.02. The number of carbonyl (C=O) groups is 1. The molecule has 1 aromatic heterocycles. The van der Waals surface area contributed by atoms with Crippen LogP contribution in [0, 0.1) is 36.8 Å². The maximum absolute atomic E-state index is 12.7. The maximum atomic E-state index is 12.7. The van der Waals surface area contributed by atoms with Crippen molar-refractivity contribution in [3.63, 3.8) is 0 Å². The predicted molar refractivity (Wildman–Crippen MR) is 119 cm³/mol. The minimum atomic E-state index is -0.529. The van der Waals surface area contributed by atoms with Crippen molar-refractivity contribution in [3.05, 3.63) is 74.6 Å². The smallest absolute Gasteiger partial charge is 0.275 e. The molecule has 31 heavy (non-hydrogen) atoms. The highest BCUT2D eigenvalue weighted by Gasteiger charge is 2.19. The molecule has 1 unspecified atom stereocenters. The van der Waals surface area contributed by atoms with E-state index in [1.54, 1.807) is 36.7 Å². The summed E-state index contributed by atoms with van der Waals surface area (Å²) in [6, 6.07) is 11.5. The number of nitro benzene ring substituents is 1. The number of nitro groups is 1. The lowest BCUT2D eigenvalue weighted by molar-refractivity contribution is -0.384. The largest absolute Gasteiger partial charge is 0.457 e. The number of ether oxygens (including phenoxy) is 1. The van der Waals surface area contributed by atoms with Gasteiger partial charge in [0.15, 0.2) is 0 Å². The number of benzene rings is 2. The van der Waals surface area contributed by atoms with Gasteiger partial charge in [0.1, 0.15) is 11.5 Å². The number of carbonyl (C=O) groups excluding carboxylic acids is 1. The van der Waals surface area contributed by atoms with Gasteiger partial charge in [-0.3, -0.25) is 19.6 Å². The zero-order valence-corrected chi connectivity index (χ0v) is 18.4. The zero-order valence-electron chi connectivity index (χ0n) is 17.7. The molecule has 0 aliphatic heterocycles. The summed E-state index contributed by atoms with van der Waals surface area (Å²) in [5.74, 6) is 0.0461. The lowest BCUT2D eigenvalue weighted by Crippen LogP contribution is -2.25. The monoisotopic (exact) mass is 442 g/mol. The normalized spacial score (nSPS) is 11.8. The van der Waals surface area contributed by atoms with Crippen molar-refractivity contribution in [2.75, 3.05) is 5.32 Å². The Morgan fingerprint density at radius 3 is 2.45 bits per heavy atom. The zero-order chi connectivity index (χ0) is 22.7. The van der Waals surface area contributed by atoms with Crippen LogP contribution in [0.2, 0.25) is 5.02 Å². The predicted octanol–water partition coefficient (Wildman–Crippen LogP) is 5.44. The van der Waals surface area contributed by atoms with Gasteiger partial charge >= 0.3 is 0 Å². The first-order chi connectivity index (χ1) is 14.6. The maximum Gasteiger partial charge on any atom is 0.275 e. The lowest BCUT2D eigenvalue weighted by Gasteiger charge is -2.14. The fourth-order valence-corrected chi connectivity index (χ4v) is 3.16. The number of hydrogen-bond donors (Lipinski definition) is 1. The Kier molecular flexibility index (Phi) is 6.60. The Morgan fingerprint density at radius 2 is 1.87 bits per heavy atom. The minimum absolute atomic E-state index is 0.183. The molecule has 0 radical (unpaired) electrons. The van der Waals surface area contributed by atoms with Crippen molar-refractivity contribution >= 4 is 28.9 Å². The Bertz CT molecular complexity index is 1130. The standard InChI is InChI=1S/C22H23ClN4O4/c1-13-5-7-19(8-6-13)31-20-10-17(9-18(11-20)27(29)30)24-22(28)14(2)12-26-16(4)21(23)15(3)25-26/h5-11,14H,12H2,1-4H3,(H,24,28). The molecule has 3 aromatic rings. The molecule has 1 amide bonds. The van der Waals surface area contributed by atoms with Crippen LogP contribution in [0.4, 0.5) is 11.4 Å². The molecule has 1 atom stereocenters. The summed E-state index contributed by atoms with van der Waals surface area (Å²) < 4.78 is 7.43. The van der Waals surface area contributed by atoms with E-state index in [2.05, 4.69) is 10.4 Å². The van der Waals surface area contributed by atoms with E-state index >= 15 is 0 Å². The summed E-state index contributed by atoms with van der Waals surface area (Å²) in [5.41, 5.74) is 2.64. The molecule has 0 spiro atoms. The highest BCUT2D eigenvalue weighted by atomic mass is 35.5. The number of non-ortho nitro benzene ring substituents is 1. The number of aryl methyl sites for hydroxylation is 2. The Balaban J connectivity index is 1.78. The molecule has 0 aliphatic rings. The van der Waals surface area contributed by atoms with Gasteiger partial charge in [0.05, 0.1) is 45.6 Å². The molecule has 0 saturated heterocycles. The summed E-state index contributed by atoms with van der Waals surface area (Å²) in [6.07, 6.45) is 0. The SMILES string of the molecule is Cc1ccc(Oc2cc(NC(=O)C(C)Cn3nc(C)c(Cl)c3C)cc([N+](=O)[O-])c2)cc1. The van der Waals surface area contributed by atoms with Crippen molar-refractivity contribution < 1.29 is 14.5 Å². The van der Waals surface area contributed by atoms with Crippen LogP contribution in [0.3, 0.4) is 0 Å². The van der Waals surface area contributed by atoms with Gasteiger partial charge in [-0.25, -0.2) is 0 Å². The summed E-state index contributed by atoms with van der Waals surface area (Å²) >= 11 is 6.17. The van der Waals surface area contributed by atoms with E-state index < -0.39 is 10.8 Å². The van der Waals surface area contributed by atoms with Crippen molar-refractivity contribution in [2.45, 2.75) is 34.2 Å². The van der Waals surface area contributed by atoms with Crippen LogP contribution >= 0.6 is 11.6 Å². The van der Waals surface area contributed by atoms with Gasteiger partial charge in [0.25, 0.3) is 5.69 Å². The van der Waals surface area contributed by atoms with Gasteiger partial charge in [-0.05, 0) is 32.9 Å². The second kappa shape index (κ2) is 9.18. The van der Waals surface area contributed by atoms with E-state index in [-0.39, 0.29) is 23.0 Å². The van der Waals surface area contributed by atoms with Crippen molar-refractivity contribution in [3.8, 4) is 11.5 Å². The quantitative estimate of drug-likeness (QED) is 0.388. The van der Waals surface area contributed by atoms with Crippen LogP contribution in [0.5, 0.6) is 11.5 Å². The number of aromatic nitrogens is 2. The molecular weight excluding hydrogens is 420 g/mol. The third kappa shape index (κ3) is 5.40. The molecule has 0 fully saturated rings. The first kappa shape index (κ1) is 22.3. The molecule has 3 rings (SSSR count). The summed E-state index contributed by atoms with van der Waals surface area (Å²) in [7, 11) is 0. The van der Waals surface area contributed by atoms with Gasteiger partial charge < -0.3 is 10.1 Å². The van der Waals surface area contributed by atoms with E-state index in [4.69, 9.17) is 16.3 Å². The van der Waals surface area contributed by atoms with Crippen LogP contribution in [-0.2, 0) is 11.3 Å². The Hall–Kier alpha value is -3.39.